The molecule has 0 radical (unpaired) electrons. The van der Waals surface area contributed by atoms with Gasteiger partial charge < -0.3 is 11.5 Å². The fourth-order valence-corrected chi connectivity index (χ4v) is 6.79. The molecule has 0 atom stereocenters. The van der Waals surface area contributed by atoms with Crippen molar-refractivity contribution in [2.45, 2.75) is 250 Å². The van der Waals surface area contributed by atoms with Crippen LogP contribution in [-0.2, 0) is 9.59 Å². The Balaban J connectivity index is 3.05. The van der Waals surface area contributed by atoms with Crippen molar-refractivity contribution in [2.75, 3.05) is 0 Å². The summed E-state index contributed by atoms with van der Waals surface area (Å²) in [5, 5.41) is 0. The lowest BCUT2D eigenvalue weighted by Gasteiger charge is -2.05. The van der Waals surface area contributed by atoms with Crippen LogP contribution in [0.1, 0.15) is 250 Å². The molecule has 0 saturated heterocycles. The molecule has 45 heavy (non-hydrogen) atoms. The van der Waals surface area contributed by atoms with Gasteiger partial charge in [-0.2, -0.15) is 0 Å². The molecule has 4 heteroatoms. The molecule has 0 heterocycles. The van der Waals surface area contributed by atoms with Crippen LogP contribution in [0.3, 0.4) is 0 Å². The van der Waals surface area contributed by atoms with Gasteiger partial charge in [0.1, 0.15) is 0 Å². The van der Waals surface area contributed by atoms with E-state index in [1.165, 1.54) is 212 Å². The first kappa shape index (κ1) is 43.9. The van der Waals surface area contributed by atoms with Gasteiger partial charge in [-0.25, -0.2) is 0 Å². The topological polar surface area (TPSA) is 86.2 Å². The second kappa shape index (κ2) is 39.1. The van der Waals surface area contributed by atoms with E-state index in [1.54, 1.807) is 0 Å². The van der Waals surface area contributed by atoms with Gasteiger partial charge in [0.05, 0.1) is 0 Å². The molecule has 0 aliphatic heterocycles. The van der Waals surface area contributed by atoms with Gasteiger partial charge >= 0.3 is 0 Å². The largest absolute Gasteiger partial charge is 0.370 e. The van der Waals surface area contributed by atoms with Crippen molar-refractivity contribution in [3.8, 4) is 0 Å². The number of unbranched alkanes of at least 4 members (excludes halogenated alkanes) is 36. The molecule has 0 aromatic heterocycles. The first-order chi connectivity index (χ1) is 22.1. The van der Waals surface area contributed by atoms with Crippen LogP contribution in [0, 0.1) is 0 Å². The minimum Gasteiger partial charge on any atom is -0.370 e. The van der Waals surface area contributed by atoms with Gasteiger partial charge in [0.15, 0.2) is 0 Å². The van der Waals surface area contributed by atoms with Gasteiger partial charge in [-0.05, 0) is 12.8 Å². The van der Waals surface area contributed by atoms with E-state index < -0.39 is 0 Å². The van der Waals surface area contributed by atoms with Crippen molar-refractivity contribution in [1.82, 2.24) is 0 Å². The van der Waals surface area contributed by atoms with Gasteiger partial charge in [0.25, 0.3) is 0 Å². The van der Waals surface area contributed by atoms with E-state index in [0.717, 1.165) is 25.7 Å². The highest BCUT2D eigenvalue weighted by molar-refractivity contribution is 5.73. The molecular formula is C41H82N2O2. The zero-order valence-electron chi connectivity index (χ0n) is 30.5. The van der Waals surface area contributed by atoms with Crippen molar-refractivity contribution < 1.29 is 9.59 Å². The van der Waals surface area contributed by atoms with Crippen LogP contribution in [0.25, 0.3) is 0 Å². The molecular weight excluding hydrogens is 552 g/mol. The number of rotatable bonds is 40. The van der Waals surface area contributed by atoms with E-state index in [4.69, 9.17) is 11.5 Å². The number of hydrogen-bond donors (Lipinski definition) is 2. The molecule has 4 N–H and O–H groups in total. The van der Waals surface area contributed by atoms with E-state index in [0.29, 0.717) is 12.8 Å². The Kier molecular flexibility index (Phi) is 38.2. The monoisotopic (exact) mass is 635 g/mol. The van der Waals surface area contributed by atoms with Crippen molar-refractivity contribution >= 4 is 11.8 Å². The predicted molar refractivity (Wildman–Crippen MR) is 198 cm³/mol. The molecule has 0 aromatic carbocycles. The first-order valence-corrected chi connectivity index (χ1v) is 20.7. The highest BCUT2D eigenvalue weighted by Gasteiger charge is 1.99. The van der Waals surface area contributed by atoms with E-state index in [1.807, 2.05) is 0 Å². The van der Waals surface area contributed by atoms with E-state index in [-0.39, 0.29) is 11.8 Å². The van der Waals surface area contributed by atoms with Crippen LogP contribution in [0.2, 0.25) is 0 Å². The van der Waals surface area contributed by atoms with E-state index in [2.05, 4.69) is 0 Å². The lowest BCUT2D eigenvalue weighted by atomic mass is 10.0. The normalized spacial score (nSPS) is 11.4. The molecule has 0 unspecified atom stereocenters. The molecule has 0 fully saturated rings. The molecule has 0 aromatic rings. The van der Waals surface area contributed by atoms with Crippen molar-refractivity contribution in [3.63, 3.8) is 0 Å². The predicted octanol–water partition coefficient (Wildman–Crippen LogP) is 13.2. The average molecular weight is 635 g/mol. The van der Waals surface area contributed by atoms with Gasteiger partial charge in [-0.1, -0.05) is 225 Å². The Morgan fingerprint density at radius 1 is 0.200 bits per heavy atom. The van der Waals surface area contributed by atoms with Gasteiger partial charge in [-0.3, -0.25) is 9.59 Å². The van der Waals surface area contributed by atoms with Crippen molar-refractivity contribution in [2.24, 2.45) is 11.5 Å². The van der Waals surface area contributed by atoms with Gasteiger partial charge in [0.2, 0.25) is 11.8 Å². The minimum absolute atomic E-state index is 0.151. The Morgan fingerprint density at radius 2 is 0.289 bits per heavy atom. The maximum atomic E-state index is 10.7. The second-order valence-electron chi connectivity index (χ2n) is 14.5. The van der Waals surface area contributed by atoms with Gasteiger partial charge in [0, 0.05) is 12.8 Å². The summed E-state index contributed by atoms with van der Waals surface area (Å²) in [6.45, 7) is 0. The summed E-state index contributed by atoms with van der Waals surface area (Å²) >= 11 is 0. The fourth-order valence-electron chi connectivity index (χ4n) is 6.79. The molecule has 0 saturated carbocycles. The van der Waals surface area contributed by atoms with Crippen molar-refractivity contribution in [1.29, 1.82) is 0 Å². The Labute approximate surface area is 282 Å². The third kappa shape index (κ3) is 42.9. The van der Waals surface area contributed by atoms with Crippen LogP contribution in [0.15, 0.2) is 0 Å². The van der Waals surface area contributed by atoms with Crippen LogP contribution < -0.4 is 11.5 Å². The Bertz CT molecular complexity index is 544. The molecule has 0 rings (SSSR count). The number of carbonyl (C=O) groups is 2. The zero-order valence-corrected chi connectivity index (χ0v) is 30.5. The molecule has 0 spiro atoms. The van der Waals surface area contributed by atoms with Gasteiger partial charge in [-0.15, -0.1) is 0 Å². The summed E-state index contributed by atoms with van der Waals surface area (Å²) in [6, 6.07) is 0. The molecule has 0 bridgehead atoms. The lowest BCUT2D eigenvalue weighted by Crippen LogP contribution is -2.09. The number of amides is 2. The molecule has 2 amide bonds. The van der Waals surface area contributed by atoms with Crippen LogP contribution in [0.5, 0.6) is 0 Å². The second-order valence-corrected chi connectivity index (χ2v) is 14.5. The van der Waals surface area contributed by atoms with E-state index >= 15 is 0 Å². The summed E-state index contributed by atoms with van der Waals surface area (Å²) in [5.41, 5.74) is 10.4. The SMILES string of the molecule is NC(=O)CCCCCCCCCCCCCCCCCCCCCCCCCCCCCCCCCCCCCCCC(N)=O. The maximum absolute atomic E-state index is 10.7. The smallest absolute Gasteiger partial charge is 0.217 e. The summed E-state index contributed by atoms with van der Waals surface area (Å²) < 4.78 is 0. The summed E-state index contributed by atoms with van der Waals surface area (Å²) in [6.07, 6.45) is 52.4. The molecule has 0 aliphatic rings. The summed E-state index contributed by atoms with van der Waals surface area (Å²) in [4.78, 5) is 21.4. The standard InChI is InChI=1S/C41H82N2O2/c42-40(44)38-36-34-32-30-28-26-24-22-20-18-16-14-12-10-8-6-4-2-1-3-5-7-9-11-13-15-17-19-21-23-25-27-29-31-33-35-37-39-41(43)45/h1-39H2,(H2,42,44)(H2,43,45). The Morgan fingerprint density at radius 3 is 0.378 bits per heavy atom. The molecule has 0 aliphatic carbocycles. The highest BCUT2D eigenvalue weighted by atomic mass is 16.1. The third-order valence-corrected chi connectivity index (χ3v) is 9.85. The number of nitrogens with two attached hydrogens (primary N) is 2. The van der Waals surface area contributed by atoms with Crippen molar-refractivity contribution in [3.05, 3.63) is 0 Å². The number of primary amides is 2. The molecule has 268 valence electrons. The first-order valence-electron chi connectivity index (χ1n) is 20.7. The number of hydrogen-bond acceptors (Lipinski definition) is 2. The van der Waals surface area contributed by atoms with Crippen LogP contribution in [0.4, 0.5) is 0 Å². The average Bonchev–Trinajstić information content (AvgIpc) is 3.02. The quantitative estimate of drug-likeness (QED) is 0.0657. The highest BCUT2D eigenvalue weighted by Crippen LogP contribution is 2.17. The number of carbonyl (C=O) groups excluding carboxylic acids is 2. The van der Waals surface area contributed by atoms with Crippen LogP contribution in [-0.4, -0.2) is 11.8 Å². The third-order valence-electron chi connectivity index (χ3n) is 9.85. The summed E-state index contributed by atoms with van der Waals surface area (Å²) in [5.74, 6) is -0.302. The maximum Gasteiger partial charge on any atom is 0.217 e. The zero-order chi connectivity index (χ0) is 32.7. The lowest BCUT2D eigenvalue weighted by molar-refractivity contribution is -0.119. The Hall–Kier alpha value is -1.06. The summed E-state index contributed by atoms with van der Waals surface area (Å²) in [7, 11) is 0. The van der Waals surface area contributed by atoms with Crippen LogP contribution >= 0.6 is 0 Å². The van der Waals surface area contributed by atoms with E-state index in [9.17, 15) is 9.59 Å². The minimum atomic E-state index is -0.151. The molecule has 4 nitrogen and oxygen atoms in total. The fraction of sp³-hybridized carbons (Fsp3) is 0.951.